The first-order valence-electron chi connectivity index (χ1n) is 19.9. The molecule has 2 unspecified atom stereocenters. The summed E-state index contributed by atoms with van der Waals surface area (Å²) < 4.78 is 0. The molecule has 3 aliphatic carbocycles. The van der Waals surface area contributed by atoms with E-state index in [4.69, 9.17) is 0 Å². The van der Waals surface area contributed by atoms with E-state index < -0.39 is 0 Å². The summed E-state index contributed by atoms with van der Waals surface area (Å²) in [5.41, 5.74) is 17.6. The molecule has 0 amide bonds. The zero-order chi connectivity index (χ0) is 35.6. The van der Waals surface area contributed by atoms with E-state index in [1.54, 1.807) is 11.1 Å². The van der Waals surface area contributed by atoms with Crippen LogP contribution in [0.3, 0.4) is 0 Å². The van der Waals surface area contributed by atoms with E-state index in [2.05, 4.69) is 179 Å². The zero-order valence-electron chi connectivity index (χ0n) is 31.5. The van der Waals surface area contributed by atoms with Crippen LogP contribution < -0.4 is 4.90 Å². The maximum absolute atomic E-state index is 2.61. The van der Waals surface area contributed by atoms with Gasteiger partial charge in [-0.15, -0.1) is 0 Å². The fourth-order valence-corrected chi connectivity index (χ4v) is 11.1. The Hall–Kier alpha value is -4.88. The lowest BCUT2D eigenvalue weighted by Gasteiger charge is -2.51. The van der Waals surface area contributed by atoms with Crippen LogP contribution in [0, 0.1) is 17.8 Å². The van der Waals surface area contributed by atoms with E-state index in [1.807, 2.05) is 0 Å². The Morgan fingerprint density at radius 2 is 1.08 bits per heavy atom. The molecule has 1 fully saturated rings. The highest BCUT2D eigenvalue weighted by atomic mass is 15.1. The van der Waals surface area contributed by atoms with Gasteiger partial charge in [-0.25, -0.2) is 0 Å². The van der Waals surface area contributed by atoms with Crippen molar-refractivity contribution in [2.24, 2.45) is 17.8 Å². The van der Waals surface area contributed by atoms with Crippen molar-refractivity contribution in [3.05, 3.63) is 162 Å². The molecule has 0 bridgehead atoms. The smallest absolute Gasteiger partial charge is 0.0543 e. The summed E-state index contributed by atoms with van der Waals surface area (Å²) in [6, 6.07) is 53.1. The average molecular weight is 678 g/mol. The van der Waals surface area contributed by atoms with Crippen LogP contribution in [0.25, 0.3) is 33.4 Å². The maximum atomic E-state index is 2.61. The molecule has 0 aliphatic heterocycles. The molecule has 0 heterocycles. The monoisotopic (exact) mass is 677 g/mol. The van der Waals surface area contributed by atoms with Gasteiger partial charge >= 0.3 is 0 Å². The minimum atomic E-state index is -0.0948. The summed E-state index contributed by atoms with van der Waals surface area (Å²) in [5, 5.41) is 0. The number of benzene rings is 6. The molecule has 1 saturated carbocycles. The highest BCUT2D eigenvalue weighted by Crippen LogP contribution is 2.65. The Labute approximate surface area is 311 Å². The van der Waals surface area contributed by atoms with E-state index in [0.717, 1.165) is 5.92 Å². The van der Waals surface area contributed by atoms with Gasteiger partial charge in [0.15, 0.2) is 0 Å². The minimum absolute atomic E-state index is 0.0172. The van der Waals surface area contributed by atoms with Crippen molar-refractivity contribution in [1.29, 1.82) is 0 Å². The Morgan fingerprint density at radius 3 is 1.79 bits per heavy atom. The van der Waals surface area contributed by atoms with Crippen molar-refractivity contribution in [3.63, 3.8) is 0 Å². The lowest BCUT2D eigenvalue weighted by Crippen LogP contribution is -2.47. The molecule has 52 heavy (non-hydrogen) atoms. The summed E-state index contributed by atoms with van der Waals surface area (Å²) in [4.78, 5) is 2.61. The van der Waals surface area contributed by atoms with E-state index in [0.29, 0.717) is 11.8 Å². The highest BCUT2D eigenvalue weighted by molar-refractivity contribution is 5.98. The summed E-state index contributed by atoms with van der Waals surface area (Å²) >= 11 is 0. The Morgan fingerprint density at radius 1 is 0.500 bits per heavy atom. The van der Waals surface area contributed by atoms with Gasteiger partial charge in [-0.2, -0.15) is 0 Å². The van der Waals surface area contributed by atoms with Crippen LogP contribution in [0.2, 0.25) is 0 Å². The third-order valence-electron chi connectivity index (χ3n) is 13.5. The normalized spacial score (nSPS) is 22.1. The van der Waals surface area contributed by atoms with Crippen LogP contribution in [-0.4, -0.2) is 0 Å². The minimum Gasteiger partial charge on any atom is -0.309 e. The molecule has 1 nitrogen and oxygen atoms in total. The quantitative estimate of drug-likeness (QED) is 0.163. The first-order valence-corrected chi connectivity index (χ1v) is 19.9. The molecule has 0 aromatic heterocycles. The average Bonchev–Trinajstić information content (AvgIpc) is 3.62. The summed E-state index contributed by atoms with van der Waals surface area (Å²) in [6.45, 7) is 12.1. The first kappa shape index (κ1) is 33.0. The summed E-state index contributed by atoms with van der Waals surface area (Å²) in [6.07, 6.45) is 6.29. The second-order valence-electron chi connectivity index (χ2n) is 16.2. The SMILES string of the molecule is CCC1CC(CC)C2(c3ccccc3-c3c(N(c4ccc5c(c4)C(C)(C)c4ccccc4-5)c4ccccc4-c4ccccc4)cccc32)C(CC)C1. The third kappa shape index (κ3) is 4.67. The van der Waals surface area contributed by atoms with Crippen molar-refractivity contribution >= 4 is 17.1 Å². The summed E-state index contributed by atoms with van der Waals surface area (Å²) in [7, 11) is 0. The second-order valence-corrected chi connectivity index (χ2v) is 16.2. The Kier molecular flexibility index (Phi) is 8.03. The Balaban J connectivity index is 1.34. The molecule has 6 aromatic rings. The predicted molar refractivity (Wildman–Crippen MR) is 221 cm³/mol. The molecule has 2 atom stereocenters. The van der Waals surface area contributed by atoms with Gasteiger partial charge in [-0.3, -0.25) is 0 Å². The van der Waals surface area contributed by atoms with Gasteiger partial charge in [0, 0.05) is 27.6 Å². The topological polar surface area (TPSA) is 3.24 Å². The van der Waals surface area contributed by atoms with Crippen molar-refractivity contribution in [2.45, 2.75) is 77.6 Å². The fraction of sp³-hybridized carbons (Fsp3) is 0.294. The van der Waals surface area contributed by atoms with Gasteiger partial charge < -0.3 is 4.90 Å². The van der Waals surface area contributed by atoms with Crippen LogP contribution in [0.1, 0.15) is 89.0 Å². The van der Waals surface area contributed by atoms with Gasteiger partial charge in [0.1, 0.15) is 0 Å². The molecule has 9 rings (SSSR count). The van der Waals surface area contributed by atoms with E-state index in [-0.39, 0.29) is 10.8 Å². The molecule has 1 spiro atoms. The van der Waals surface area contributed by atoms with Gasteiger partial charge in [0.05, 0.1) is 11.4 Å². The van der Waals surface area contributed by atoms with Crippen LogP contribution in [-0.2, 0) is 10.8 Å². The molecule has 0 saturated heterocycles. The number of hydrogen-bond acceptors (Lipinski definition) is 1. The van der Waals surface area contributed by atoms with Crippen molar-refractivity contribution in [1.82, 2.24) is 0 Å². The van der Waals surface area contributed by atoms with Gasteiger partial charge in [0.2, 0.25) is 0 Å². The van der Waals surface area contributed by atoms with E-state index in [9.17, 15) is 0 Å². The zero-order valence-corrected chi connectivity index (χ0v) is 31.5. The molecular formula is C51H51N. The van der Waals surface area contributed by atoms with Crippen molar-refractivity contribution in [2.75, 3.05) is 4.90 Å². The van der Waals surface area contributed by atoms with Crippen LogP contribution in [0.15, 0.2) is 140 Å². The number of rotatable bonds is 7. The highest BCUT2D eigenvalue weighted by Gasteiger charge is 2.55. The first-order chi connectivity index (χ1) is 25.4. The molecule has 0 radical (unpaired) electrons. The molecule has 0 N–H and O–H groups in total. The second kappa shape index (κ2) is 12.7. The molecule has 260 valence electrons. The number of anilines is 3. The van der Waals surface area contributed by atoms with Gasteiger partial charge in [-0.1, -0.05) is 169 Å². The van der Waals surface area contributed by atoms with Gasteiger partial charge in [-0.05, 0) is 99.4 Å². The van der Waals surface area contributed by atoms with Crippen molar-refractivity contribution in [3.8, 4) is 33.4 Å². The summed E-state index contributed by atoms with van der Waals surface area (Å²) in [5.74, 6) is 2.02. The van der Waals surface area contributed by atoms with Crippen molar-refractivity contribution < 1.29 is 0 Å². The molecule has 6 aromatic carbocycles. The van der Waals surface area contributed by atoms with E-state index >= 15 is 0 Å². The standard InChI is InChI=1S/C51H51N/c1-6-34-31-36(7-2)51(37(8-3)32-34)44-25-16-13-23-42(44)49-45(51)26-18-28-48(49)52(47-27-17-14-21-39(47)35-19-10-9-11-20-35)38-29-30-41-40-22-12-15-24-43(40)50(4,5)46(41)33-38/h9-30,33-34,36-37H,6-8,31-32H2,1-5H3. The molecular weight excluding hydrogens is 627 g/mol. The number of fused-ring (bicyclic) bond motifs is 8. The van der Waals surface area contributed by atoms with Crippen LogP contribution in [0.5, 0.6) is 0 Å². The third-order valence-corrected chi connectivity index (χ3v) is 13.5. The lowest BCUT2D eigenvalue weighted by molar-refractivity contribution is 0.0905. The molecule has 3 aliphatic rings. The number of nitrogens with zero attached hydrogens (tertiary/aromatic N) is 1. The number of hydrogen-bond donors (Lipinski definition) is 0. The lowest BCUT2D eigenvalue weighted by atomic mass is 9.52. The molecule has 1 heteroatoms. The van der Waals surface area contributed by atoms with Gasteiger partial charge in [0.25, 0.3) is 0 Å². The van der Waals surface area contributed by atoms with E-state index in [1.165, 1.54) is 93.7 Å². The Bertz CT molecular complexity index is 2260. The fourth-order valence-electron chi connectivity index (χ4n) is 11.1. The maximum Gasteiger partial charge on any atom is 0.0543 e. The van der Waals surface area contributed by atoms with Crippen LogP contribution in [0.4, 0.5) is 17.1 Å². The largest absolute Gasteiger partial charge is 0.309 e. The predicted octanol–water partition coefficient (Wildman–Crippen LogP) is 14.3. The van der Waals surface area contributed by atoms with Crippen LogP contribution >= 0.6 is 0 Å². The number of para-hydroxylation sites is 1.